The zero-order valence-electron chi connectivity index (χ0n) is 16.4. The maximum absolute atomic E-state index is 12.2. The molecular weight excluding hydrogens is 406 g/mol. The Labute approximate surface area is 169 Å². The van der Waals surface area contributed by atoms with Crippen LogP contribution in [-0.4, -0.2) is 70.0 Å². The summed E-state index contributed by atoms with van der Waals surface area (Å²) < 4.78 is 51.6. The molecule has 162 valence electrons. The second kappa shape index (κ2) is 10.4. The lowest BCUT2D eigenvalue weighted by Gasteiger charge is -2.22. The van der Waals surface area contributed by atoms with E-state index in [2.05, 4.69) is 20.4 Å². The molecule has 1 unspecified atom stereocenters. The molecule has 0 radical (unpaired) electrons. The van der Waals surface area contributed by atoms with Crippen LogP contribution in [0.3, 0.4) is 0 Å². The normalized spacial score (nSPS) is 18.5. The van der Waals surface area contributed by atoms with Crippen LogP contribution >= 0.6 is 0 Å². The van der Waals surface area contributed by atoms with E-state index >= 15 is 0 Å². The van der Waals surface area contributed by atoms with E-state index < -0.39 is 16.4 Å². The lowest BCUT2D eigenvalue weighted by atomic mass is 10.2. The zero-order chi connectivity index (χ0) is 21.4. The van der Waals surface area contributed by atoms with Crippen LogP contribution in [0.25, 0.3) is 0 Å². The van der Waals surface area contributed by atoms with Crippen LogP contribution in [0.5, 0.6) is 5.75 Å². The Morgan fingerprint density at radius 3 is 2.59 bits per heavy atom. The standard InChI is InChI=1S/C18H26F2N4O4S/c1-21-18(22-9-7-16(25)23-14-8-10-29(26,27)12-14)24(2)11-13-3-5-15(6-4-13)28-17(19)20/h3-6,14,17H,7-12H2,1-2H3,(H,21,22)(H,23,25). The molecule has 0 aromatic heterocycles. The van der Waals surface area contributed by atoms with Gasteiger partial charge in [-0.3, -0.25) is 9.79 Å². The first kappa shape index (κ1) is 22.9. The average molecular weight is 432 g/mol. The van der Waals surface area contributed by atoms with Gasteiger partial charge in [-0.2, -0.15) is 8.78 Å². The molecule has 1 fully saturated rings. The maximum atomic E-state index is 12.2. The molecule has 1 aromatic rings. The van der Waals surface area contributed by atoms with Crippen molar-refractivity contribution < 1.29 is 26.7 Å². The number of nitrogens with one attached hydrogen (secondary N) is 2. The molecular formula is C18H26F2N4O4S. The van der Waals surface area contributed by atoms with E-state index in [0.717, 1.165) is 5.56 Å². The number of hydrogen-bond donors (Lipinski definition) is 2. The Balaban J connectivity index is 1.75. The highest BCUT2D eigenvalue weighted by atomic mass is 32.2. The van der Waals surface area contributed by atoms with E-state index in [1.165, 1.54) is 12.1 Å². The van der Waals surface area contributed by atoms with Gasteiger partial charge in [0.1, 0.15) is 5.75 Å². The fourth-order valence-electron chi connectivity index (χ4n) is 3.01. The van der Waals surface area contributed by atoms with E-state index in [0.29, 0.717) is 25.5 Å². The van der Waals surface area contributed by atoms with Gasteiger partial charge in [-0.15, -0.1) is 0 Å². The van der Waals surface area contributed by atoms with Gasteiger partial charge in [0.15, 0.2) is 15.8 Å². The fourth-order valence-corrected chi connectivity index (χ4v) is 4.68. The molecule has 2 rings (SSSR count). The Kier molecular flexibility index (Phi) is 8.18. The van der Waals surface area contributed by atoms with Crippen LogP contribution < -0.4 is 15.4 Å². The molecule has 1 atom stereocenters. The Morgan fingerprint density at radius 2 is 2.03 bits per heavy atom. The third-order valence-electron chi connectivity index (χ3n) is 4.37. The smallest absolute Gasteiger partial charge is 0.387 e. The minimum atomic E-state index is -3.03. The third-order valence-corrected chi connectivity index (χ3v) is 6.14. The third kappa shape index (κ3) is 7.84. The van der Waals surface area contributed by atoms with Gasteiger partial charge >= 0.3 is 6.61 Å². The second-order valence-electron chi connectivity index (χ2n) is 6.77. The molecule has 1 amide bonds. The minimum absolute atomic E-state index is 0.00226. The molecule has 0 saturated carbocycles. The number of alkyl halides is 2. The number of guanidine groups is 1. The quantitative estimate of drug-likeness (QED) is 0.469. The topological polar surface area (TPSA) is 100 Å². The first-order valence-corrected chi connectivity index (χ1v) is 11.0. The number of amides is 1. The van der Waals surface area contributed by atoms with Crippen LogP contribution in [0.2, 0.25) is 0 Å². The molecule has 0 bridgehead atoms. The lowest BCUT2D eigenvalue weighted by Crippen LogP contribution is -2.41. The van der Waals surface area contributed by atoms with Gasteiger partial charge < -0.3 is 20.3 Å². The molecule has 29 heavy (non-hydrogen) atoms. The molecule has 1 saturated heterocycles. The first-order valence-electron chi connectivity index (χ1n) is 9.14. The SMILES string of the molecule is CN=C(NCCC(=O)NC1CCS(=O)(=O)C1)N(C)Cc1ccc(OC(F)F)cc1. The Morgan fingerprint density at radius 1 is 1.34 bits per heavy atom. The summed E-state index contributed by atoms with van der Waals surface area (Å²) in [6.45, 7) is -2.05. The van der Waals surface area contributed by atoms with Gasteiger partial charge in [0.25, 0.3) is 0 Å². The van der Waals surface area contributed by atoms with Crippen LogP contribution in [-0.2, 0) is 21.2 Å². The number of sulfone groups is 1. The van der Waals surface area contributed by atoms with Crippen molar-refractivity contribution in [2.24, 2.45) is 4.99 Å². The Hall–Kier alpha value is -2.43. The first-order chi connectivity index (χ1) is 13.7. The number of carbonyl (C=O) groups is 1. The van der Waals surface area contributed by atoms with Crippen molar-refractivity contribution in [1.29, 1.82) is 0 Å². The number of carbonyl (C=O) groups excluding carboxylic acids is 1. The highest BCUT2D eigenvalue weighted by Crippen LogP contribution is 2.16. The summed E-state index contributed by atoms with van der Waals surface area (Å²) in [6.07, 6.45) is 0.635. The van der Waals surface area contributed by atoms with Crippen molar-refractivity contribution in [1.82, 2.24) is 15.5 Å². The molecule has 1 aliphatic rings. The number of aliphatic imine (C=N–C) groups is 1. The molecule has 0 spiro atoms. The summed E-state index contributed by atoms with van der Waals surface area (Å²) >= 11 is 0. The minimum Gasteiger partial charge on any atom is -0.435 e. The average Bonchev–Trinajstić information content (AvgIpc) is 2.98. The summed E-state index contributed by atoms with van der Waals surface area (Å²) in [7, 11) is 0.391. The lowest BCUT2D eigenvalue weighted by molar-refractivity contribution is -0.121. The molecule has 1 aliphatic heterocycles. The van der Waals surface area contributed by atoms with Crippen molar-refractivity contribution in [3.8, 4) is 5.75 Å². The van der Waals surface area contributed by atoms with Crippen molar-refractivity contribution in [2.45, 2.75) is 32.0 Å². The summed E-state index contributed by atoms with van der Waals surface area (Å²) in [4.78, 5) is 18.0. The Bertz CT molecular complexity index is 816. The molecule has 1 aromatic carbocycles. The monoisotopic (exact) mass is 432 g/mol. The maximum Gasteiger partial charge on any atom is 0.387 e. The fraction of sp³-hybridized carbons (Fsp3) is 0.556. The summed E-state index contributed by atoms with van der Waals surface area (Å²) in [5.74, 6) is 0.553. The molecule has 8 nitrogen and oxygen atoms in total. The van der Waals surface area contributed by atoms with E-state index in [9.17, 15) is 22.0 Å². The van der Waals surface area contributed by atoms with E-state index in [1.807, 2.05) is 11.9 Å². The number of benzene rings is 1. The van der Waals surface area contributed by atoms with Gasteiger partial charge in [0.05, 0.1) is 11.5 Å². The second-order valence-corrected chi connectivity index (χ2v) is 9.00. The molecule has 11 heteroatoms. The van der Waals surface area contributed by atoms with Crippen molar-refractivity contribution in [2.75, 3.05) is 32.1 Å². The van der Waals surface area contributed by atoms with Gasteiger partial charge in [0, 0.05) is 39.6 Å². The number of nitrogens with zero attached hydrogens (tertiary/aromatic N) is 2. The predicted molar refractivity (Wildman–Crippen MR) is 106 cm³/mol. The van der Waals surface area contributed by atoms with Crippen molar-refractivity contribution >= 4 is 21.7 Å². The number of ether oxygens (including phenoxy) is 1. The largest absolute Gasteiger partial charge is 0.435 e. The predicted octanol–water partition coefficient (Wildman–Crippen LogP) is 0.989. The highest BCUT2D eigenvalue weighted by Gasteiger charge is 2.28. The van der Waals surface area contributed by atoms with Gasteiger partial charge in [-0.05, 0) is 24.1 Å². The molecule has 2 N–H and O–H groups in total. The van der Waals surface area contributed by atoms with Gasteiger partial charge in [-0.1, -0.05) is 12.1 Å². The van der Waals surface area contributed by atoms with E-state index in [4.69, 9.17) is 0 Å². The molecule has 0 aliphatic carbocycles. The van der Waals surface area contributed by atoms with Crippen LogP contribution in [0.1, 0.15) is 18.4 Å². The van der Waals surface area contributed by atoms with Crippen LogP contribution in [0.15, 0.2) is 29.3 Å². The van der Waals surface area contributed by atoms with Gasteiger partial charge in [0.2, 0.25) is 5.91 Å². The van der Waals surface area contributed by atoms with Gasteiger partial charge in [-0.25, -0.2) is 8.42 Å². The summed E-state index contributed by atoms with van der Waals surface area (Å²) in [6, 6.07) is 6.00. The summed E-state index contributed by atoms with van der Waals surface area (Å²) in [5.41, 5.74) is 0.872. The summed E-state index contributed by atoms with van der Waals surface area (Å²) in [5, 5.41) is 5.81. The van der Waals surface area contributed by atoms with Crippen LogP contribution in [0.4, 0.5) is 8.78 Å². The number of halogens is 2. The van der Waals surface area contributed by atoms with E-state index in [-0.39, 0.29) is 35.6 Å². The highest BCUT2D eigenvalue weighted by molar-refractivity contribution is 7.91. The van der Waals surface area contributed by atoms with E-state index in [1.54, 1.807) is 19.2 Å². The number of rotatable bonds is 8. The zero-order valence-corrected chi connectivity index (χ0v) is 17.2. The van der Waals surface area contributed by atoms with Crippen LogP contribution in [0, 0.1) is 0 Å². The molecule has 1 heterocycles. The number of hydrogen-bond acceptors (Lipinski definition) is 5. The van der Waals surface area contributed by atoms with Crippen molar-refractivity contribution in [3.63, 3.8) is 0 Å². The van der Waals surface area contributed by atoms with Crippen molar-refractivity contribution in [3.05, 3.63) is 29.8 Å².